The van der Waals surface area contributed by atoms with E-state index in [2.05, 4.69) is 40.8 Å². The highest BCUT2D eigenvalue weighted by molar-refractivity contribution is 6.33. The summed E-state index contributed by atoms with van der Waals surface area (Å²) in [6.07, 6.45) is 0.690. The van der Waals surface area contributed by atoms with Gasteiger partial charge in [-0.25, -0.2) is 15.0 Å². The number of piperidine rings is 1. The van der Waals surface area contributed by atoms with Gasteiger partial charge >= 0.3 is 6.18 Å². The molecule has 6 rings (SSSR count). The summed E-state index contributed by atoms with van der Waals surface area (Å²) in [5, 5.41) is 11.9. The minimum Gasteiger partial charge on any atom is -0.345 e. The molecule has 1 aromatic carbocycles. The number of hydrogen-bond donors (Lipinski definition) is 4. The number of alkyl halides is 3. The number of H-pyrrole nitrogens is 2. The van der Waals surface area contributed by atoms with E-state index in [0.29, 0.717) is 37.3 Å². The number of nitrogens with zero attached hydrogens (tertiary/aromatic N) is 6. The van der Waals surface area contributed by atoms with Crippen molar-refractivity contribution in [3.63, 3.8) is 0 Å². The molecule has 4 aromatic rings. The molecule has 0 radical (unpaired) electrons. The molecular formula is C30H30ClF3N10O3. The highest BCUT2D eigenvalue weighted by Gasteiger charge is 2.40. The second-order valence-electron chi connectivity index (χ2n) is 11.2. The van der Waals surface area contributed by atoms with Crippen molar-refractivity contribution in [3.8, 4) is 22.8 Å². The van der Waals surface area contributed by atoms with Crippen LogP contribution in [0.4, 0.5) is 13.2 Å². The fourth-order valence-electron chi connectivity index (χ4n) is 5.70. The van der Waals surface area contributed by atoms with Crippen LogP contribution in [0.15, 0.2) is 42.9 Å². The second kappa shape index (κ2) is 13.5. The van der Waals surface area contributed by atoms with E-state index in [0.717, 1.165) is 32.1 Å². The molecule has 0 aliphatic carbocycles. The van der Waals surface area contributed by atoms with Gasteiger partial charge in [0.15, 0.2) is 17.3 Å². The third kappa shape index (κ3) is 6.97. The van der Waals surface area contributed by atoms with Crippen molar-refractivity contribution in [2.75, 3.05) is 39.3 Å². The van der Waals surface area contributed by atoms with Crippen molar-refractivity contribution in [1.29, 1.82) is 0 Å². The Bertz CT molecular complexity index is 1760. The summed E-state index contributed by atoms with van der Waals surface area (Å²) in [6.45, 7) is 3.40. The third-order valence-corrected chi connectivity index (χ3v) is 8.48. The van der Waals surface area contributed by atoms with Crippen molar-refractivity contribution < 1.29 is 27.6 Å². The van der Waals surface area contributed by atoms with Gasteiger partial charge in [-0.1, -0.05) is 17.7 Å². The maximum Gasteiger partial charge on any atom is 0.435 e. The number of rotatable bonds is 7. The number of aromatic amines is 2. The van der Waals surface area contributed by atoms with Crippen molar-refractivity contribution in [2.45, 2.75) is 25.6 Å². The van der Waals surface area contributed by atoms with E-state index in [9.17, 15) is 27.6 Å². The predicted octanol–water partition coefficient (Wildman–Crippen LogP) is 3.14. The molecule has 2 aliphatic rings. The van der Waals surface area contributed by atoms with Crippen LogP contribution in [0.2, 0.25) is 5.02 Å². The summed E-state index contributed by atoms with van der Waals surface area (Å²) in [4.78, 5) is 57.1. The molecular weight excluding hydrogens is 641 g/mol. The summed E-state index contributed by atoms with van der Waals surface area (Å²) < 4.78 is 41.3. The Kier molecular flexibility index (Phi) is 9.22. The van der Waals surface area contributed by atoms with Gasteiger partial charge in [-0.15, -0.1) is 0 Å². The van der Waals surface area contributed by atoms with Crippen molar-refractivity contribution in [1.82, 2.24) is 50.6 Å². The molecule has 0 atom stereocenters. The molecule has 0 saturated carbocycles. The number of aromatic nitrogens is 6. The Morgan fingerprint density at radius 3 is 2.38 bits per heavy atom. The van der Waals surface area contributed by atoms with E-state index in [-0.39, 0.29) is 57.9 Å². The summed E-state index contributed by atoms with van der Waals surface area (Å²) in [5.74, 6) is -1.01. The van der Waals surface area contributed by atoms with E-state index < -0.39 is 17.8 Å². The molecule has 0 bridgehead atoms. The van der Waals surface area contributed by atoms with Crippen LogP contribution in [0.3, 0.4) is 0 Å². The highest BCUT2D eigenvalue weighted by Crippen LogP contribution is 2.39. The topological polar surface area (TPSA) is 165 Å². The normalized spacial score (nSPS) is 15.9. The Morgan fingerprint density at radius 1 is 1.00 bits per heavy atom. The standard InChI is InChI=1S/C30H30ClF3N10O3/c31-20-14-17(2-3-19(20)29(47)44-12-10-43(11-13-44)28(46)18-4-8-35-9-5-18)15-39-27(45)26-38-16-21(40-26)22-23(25-36-6-1-7-37-25)41-42-24(22)30(32,33)34/h1-3,6-7,14,16,18,35H,4-5,8-13,15H2,(H,38,40)(H,39,45)(H,41,42). The monoisotopic (exact) mass is 670 g/mol. The van der Waals surface area contributed by atoms with Crippen LogP contribution in [-0.2, 0) is 17.5 Å². The molecule has 3 aromatic heterocycles. The number of halogens is 4. The number of benzene rings is 1. The zero-order chi connectivity index (χ0) is 33.1. The smallest absolute Gasteiger partial charge is 0.345 e. The predicted molar refractivity (Wildman–Crippen MR) is 163 cm³/mol. The lowest BCUT2D eigenvalue weighted by Crippen LogP contribution is -2.52. The lowest BCUT2D eigenvalue weighted by atomic mass is 9.96. The highest BCUT2D eigenvalue weighted by atomic mass is 35.5. The van der Waals surface area contributed by atoms with Crippen LogP contribution in [0.25, 0.3) is 22.8 Å². The quantitative estimate of drug-likeness (QED) is 0.233. The van der Waals surface area contributed by atoms with Gasteiger partial charge in [0.25, 0.3) is 11.8 Å². The van der Waals surface area contributed by atoms with Gasteiger partial charge < -0.3 is 25.4 Å². The molecule has 2 saturated heterocycles. The third-order valence-electron chi connectivity index (χ3n) is 8.17. The lowest BCUT2D eigenvalue weighted by molar-refractivity contribution is -0.140. The van der Waals surface area contributed by atoms with Crippen molar-refractivity contribution >= 4 is 29.3 Å². The van der Waals surface area contributed by atoms with E-state index >= 15 is 0 Å². The van der Waals surface area contributed by atoms with E-state index in [1.165, 1.54) is 18.5 Å². The van der Waals surface area contributed by atoms with Gasteiger partial charge in [0.2, 0.25) is 5.91 Å². The first-order chi connectivity index (χ1) is 22.6. The molecule has 17 heteroatoms. The maximum absolute atomic E-state index is 13.8. The minimum absolute atomic E-state index is 0.00312. The van der Waals surface area contributed by atoms with Crippen LogP contribution >= 0.6 is 11.6 Å². The van der Waals surface area contributed by atoms with Crippen molar-refractivity contribution in [2.24, 2.45) is 5.92 Å². The SMILES string of the molecule is O=C(NCc1ccc(C(=O)N2CCN(C(=O)C3CCNCC3)CC2)c(Cl)c1)c1ncc(-c2c(C(F)(F)F)n[nH]c2-c2ncccn2)[nH]1. The van der Waals surface area contributed by atoms with Crippen LogP contribution in [-0.4, -0.2) is 96.9 Å². The lowest BCUT2D eigenvalue weighted by Gasteiger charge is -2.37. The van der Waals surface area contributed by atoms with Gasteiger partial charge in [-0.05, 0) is 49.7 Å². The zero-order valence-corrected chi connectivity index (χ0v) is 25.7. The van der Waals surface area contributed by atoms with E-state index in [4.69, 9.17) is 11.6 Å². The number of carbonyl (C=O) groups is 3. The number of imidazole rings is 1. The first kappa shape index (κ1) is 32.1. The molecule has 2 aliphatic heterocycles. The number of carbonyl (C=O) groups excluding carboxylic acids is 3. The number of nitrogens with one attached hydrogen (secondary N) is 4. The Morgan fingerprint density at radius 2 is 1.70 bits per heavy atom. The van der Waals surface area contributed by atoms with Crippen LogP contribution < -0.4 is 10.6 Å². The van der Waals surface area contributed by atoms with Gasteiger partial charge in [0.1, 0.15) is 5.69 Å². The molecule has 0 unspecified atom stereocenters. The fraction of sp³-hybridized carbons (Fsp3) is 0.367. The summed E-state index contributed by atoms with van der Waals surface area (Å²) >= 11 is 6.47. The summed E-state index contributed by atoms with van der Waals surface area (Å²) in [7, 11) is 0. The van der Waals surface area contributed by atoms with Gasteiger partial charge in [0, 0.05) is 51.0 Å². The molecule has 2 fully saturated rings. The first-order valence-electron chi connectivity index (χ1n) is 14.9. The summed E-state index contributed by atoms with van der Waals surface area (Å²) in [6, 6.07) is 6.31. The molecule has 4 N–H and O–H groups in total. The molecule has 47 heavy (non-hydrogen) atoms. The van der Waals surface area contributed by atoms with Gasteiger partial charge in [-0.2, -0.15) is 18.3 Å². The zero-order valence-electron chi connectivity index (χ0n) is 24.9. The average Bonchev–Trinajstić information content (AvgIpc) is 3.76. The number of hydrogen-bond acceptors (Lipinski definition) is 8. The Balaban J connectivity index is 1.08. The first-order valence-corrected chi connectivity index (χ1v) is 15.3. The molecule has 3 amide bonds. The summed E-state index contributed by atoms with van der Waals surface area (Å²) in [5.41, 5.74) is -0.910. The van der Waals surface area contributed by atoms with Crippen LogP contribution in [0, 0.1) is 5.92 Å². The van der Waals surface area contributed by atoms with Crippen LogP contribution in [0.1, 0.15) is 45.1 Å². The largest absolute Gasteiger partial charge is 0.435 e. The van der Waals surface area contributed by atoms with E-state index in [1.54, 1.807) is 23.1 Å². The average molecular weight is 671 g/mol. The number of piperazine rings is 1. The second-order valence-corrected chi connectivity index (χ2v) is 11.6. The van der Waals surface area contributed by atoms with Gasteiger partial charge in [0.05, 0.1) is 28.0 Å². The van der Waals surface area contributed by atoms with Gasteiger partial charge in [-0.3, -0.25) is 19.5 Å². The number of amides is 3. The Hall–Kier alpha value is -4.83. The Labute approximate surface area is 271 Å². The molecule has 5 heterocycles. The molecule has 13 nitrogen and oxygen atoms in total. The molecule has 0 spiro atoms. The van der Waals surface area contributed by atoms with Crippen molar-refractivity contribution in [3.05, 3.63) is 70.5 Å². The van der Waals surface area contributed by atoms with E-state index in [1.807, 2.05) is 4.90 Å². The van der Waals surface area contributed by atoms with Crippen LogP contribution in [0.5, 0.6) is 0 Å². The maximum atomic E-state index is 13.8. The minimum atomic E-state index is -4.81. The molecule has 246 valence electrons. The fourth-order valence-corrected chi connectivity index (χ4v) is 5.98.